The summed E-state index contributed by atoms with van der Waals surface area (Å²) in [5.74, 6) is -0.550. The molecular formula is C14H19N3O3. The first kappa shape index (κ1) is 14.3. The monoisotopic (exact) mass is 277 g/mol. The number of likely N-dealkylation sites (tertiary alicyclic amines) is 1. The standard InChI is InChI=1S/C14H19N3O3/c1-3-20-14(19)12-5-4-6-17(12)13(18)11-7-10(15)8-16-9(11)2/h7-8,12H,3-6,15H2,1-2H3. The van der Waals surface area contributed by atoms with Crippen LogP contribution < -0.4 is 5.73 Å². The number of ether oxygens (including phenoxy) is 1. The first-order valence-electron chi connectivity index (χ1n) is 6.74. The normalized spacial score (nSPS) is 18.1. The number of pyridine rings is 1. The van der Waals surface area contributed by atoms with Crippen molar-refractivity contribution in [1.29, 1.82) is 0 Å². The van der Waals surface area contributed by atoms with Crippen LogP contribution in [0.15, 0.2) is 12.3 Å². The Morgan fingerprint density at radius 2 is 2.30 bits per heavy atom. The fourth-order valence-electron chi connectivity index (χ4n) is 2.41. The van der Waals surface area contributed by atoms with Gasteiger partial charge in [0.1, 0.15) is 6.04 Å². The van der Waals surface area contributed by atoms with Gasteiger partial charge in [-0.3, -0.25) is 9.78 Å². The molecule has 1 fully saturated rings. The number of anilines is 1. The highest BCUT2D eigenvalue weighted by Gasteiger charge is 2.36. The predicted molar refractivity (Wildman–Crippen MR) is 74.1 cm³/mol. The highest BCUT2D eigenvalue weighted by atomic mass is 16.5. The van der Waals surface area contributed by atoms with Crippen LogP contribution in [0.5, 0.6) is 0 Å². The number of hydrogen-bond donors (Lipinski definition) is 1. The molecule has 0 bridgehead atoms. The van der Waals surface area contributed by atoms with E-state index in [0.29, 0.717) is 36.5 Å². The van der Waals surface area contributed by atoms with Crippen LogP contribution in [0.3, 0.4) is 0 Å². The summed E-state index contributed by atoms with van der Waals surface area (Å²) in [4.78, 5) is 30.1. The van der Waals surface area contributed by atoms with Gasteiger partial charge in [0.15, 0.2) is 0 Å². The Morgan fingerprint density at radius 3 is 3.00 bits per heavy atom. The van der Waals surface area contributed by atoms with E-state index >= 15 is 0 Å². The molecular weight excluding hydrogens is 258 g/mol. The Morgan fingerprint density at radius 1 is 1.55 bits per heavy atom. The summed E-state index contributed by atoms with van der Waals surface area (Å²) in [7, 11) is 0. The molecule has 1 aliphatic rings. The predicted octanol–water partition coefficient (Wildman–Crippen LogP) is 1.14. The van der Waals surface area contributed by atoms with E-state index in [-0.39, 0.29) is 11.9 Å². The summed E-state index contributed by atoms with van der Waals surface area (Å²) in [6.45, 7) is 4.37. The smallest absolute Gasteiger partial charge is 0.328 e. The maximum absolute atomic E-state index is 12.6. The Hall–Kier alpha value is -2.11. The third-order valence-electron chi connectivity index (χ3n) is 3.41. The largest absolute Gasteiger partial charge is 0.464 e. The number of rotatable bonds is 3. The molecule has 2 N–H and O–H groups in total. The maximum atomic E-state index is 12.6. The van der Waals surface area contributed by atoms with E-state index < -0.39 is 6.04 Å². The summed E-state index contributed by atoms with van der Waals surface area (Å²) in [6, 6.07) is 1.11. The van der Waals surface area contributed by atoms with Crippen LogP contribution in [0.4, 0.5) is 5.69 Å². The second-order valence-electron chi connectivity index (χ2n) is 4.81. The number of aryl methyl sites for hydroxylation is 1. The average molecular weight is 277 g/mol. The van der Waals surface area contributed by atoms with Gasteiger partial charge in [0, 0.05) is 6.54 Å². The minimum Gasteiger partial charge on any atom is -0.464 e. The average Bonchev–Trinajstić information content (AvgIpc) is 2.90. The zero-order valence-corrected chi connectivity index (χ0v) is 11.8. The van der Waals surface area contributed by atoms with Crippen molar-refractivity contribution in [3.05, 3.63) is 23.5 Å². The number of amides is 1. The summed E-state index contributed by atoms with van der Waals surface area (Å²) < 4.78 is 5.02. The fraction of sp³-hybridized carbons (Fsp3) is 0.500. The molecule has 0 aliphatic carbocycles. The lowest BCUT2D eigenvalue weighted by Gasteiger charge is -2.23. The van der Waals surface area contributed by atoms with E-state index in [1.165, 1.54) is 6.20 Å². The second-order valence-corrected chi connectivity index (χ2v) is 4.81. The van der Waals surface area contributed by atoms with E-state index in [1.54, 1.807) is 24.8 Å². The summed E-state index contributed by atoms with van der Waals surface area (Å²) in [5, 5.41) is 0. The molecule has 1 aromatic heterocycles. The van der Waals surface area contributed by atoms with Gasteiger partial charge >= 0.3 is 5.97 Å². The highest BCUT2D eigenvalue weighted by Crippen LogP contribution is 2.22. The van der Waals surface area contributed by atoms with Crippen molar-refractivity contribution < 1.29 is 14.3 Å². The van der Waals surface area contributed by atoms with Gasteiger partial charge in [-0.1, -0.05) is 0 Å². The van der Waals surface area contributed by atoms with Gasteiger partial charge in [0.2, 0.25) is 0 Å². The molecule has 1 atom stereocenters. The number of carbonyl (C=O) groups excluding carboxylic acids is 2. The Balaban J connectivity index is 2.23. The molecule has 1 aromatic rings. The summed E-state index contributed by atoms with van der Waals surface area (Å²) in [5.41, 5.74) is 7.17. The topological polar surface area (TPSA) is 85.5 Å². The van der Waals surface area contributed by atoms with Crippen LogP contribution in [-0.2, 0) is 9.53 Å². The van der Waals surface area contributed by atoms with Gasteiger partial charge in [-0.15, -0.1) is 0 Å². The van der Waals surface area contributed by atoms with E-state index in [1.807, 2.05) is 0 Å². The summed E-state index contributed by atoms with van der Waals surface area (Å²) >= 11 is 0. The van der Waals surface area contributed by atoms with Gasteiger partial charge in [-0.2, -0.15) is 0 Å². The molecule has 0 saturated carbocycles. The van der Waals surface area contributed by atoms with E-state index in [9.17, 15) is 9.59 Å². The number of nitrogen functional groups attached to an aromatic ring is 1. The molecule has 0 spiro atoms. The molecule has 1 saturated heterocycles. The minimum atomic E-state index is -0.497. The fourth-order valence-corrected chi connectivity index (χ4v) is 2.41. The van der Waals surface area contributed by atoms with Gasteiger partial charge in [-0.05, 0) is 32.8 Å². The number of nitrogens with zero attached hydrogens (tertiary/aromatic N) is 2. The van der Waals surface area contributed by atoms with Crippen molar-refractivity contribution in [3.63, 3.8) is 0 Å². The third-order valence-corrected chi connectivity index (χ3v) is 3.41. The Labute approximate surface area is 117 Å². The van der Waals surface area contributed by atoms with Crippen LogP contribution in [-0.4, -0.2) is 41.0 Å². The van der Waals surface area contributed by atoms with Crippen LogP contribution in [0.1, 0.15) is 35.8 Å². The van der Waals surface area contributed by atoms with Crippen molar-refractivity contribution in [3.8, 4) is 0 Å². The lowest BCUT2D eigenvalue weighted by atomic mass is 10.1. The number of hydrogen-bond acceptors (Lipinski definition) is 5. The SMILES string of the molecule is CCOC(=O)C1CCCN1C(=O)c1cc(N)cnc1C. The maximum Gasteiger partial charge on any atom is 0.328 e. The summed E-state index contributed by atoms with van der Waals surface area (Å²) in [6.07, 6.45) is 2.95. The first-order chi connectivity index (χ1) is 9.54. The van der Waals surface area contributed by atoms with E-state index in [0.717, 1.165) is 6.42 Å². The number of aromatic nitrogens is 1. The van der Waals surface area contributed by atoms with E-state index in [2.05, 4.69) is 4.98 Å². The van der Waals surface area contributed by atoms with Crippen LogP contribution >= 0.6 is 0 Å². The number of carbonyl (C=O) groups is 2. The highest BCUT2D eigenvalue weighted by molar-refractivity contribution is 5.98. The van der Waals surface area contributed by atoms with Gasteiger partial charge in [0.25, 0.3) is 5.91 Å². The third kappa shape index (κ3) is 2.74. The van der Waals surface area contributed by atoms with Gasteiger partial charge < -0.3 is 15.4 Å². The molecule has 2 heterocycles. The van der Waals surface area contributed by atoms with Crippen molar-refractivity contribution in [2.45, 2.75) is 32.7 Å². The van der Waals surface area contributed by atoms with Gasteiger partial charge in [-0.25, -0.2) is 4.79 Å². The molecule has 6 heteroatoms. The molecule has 20 heavy (non-hydrogen) atoms. The Bertz CT molecular complexity index is 530. The molecule has 6 nitrogen and oxygen atoms in total. The first-order valence-corrected chi connectivity index (χ1v) is 6.74. The van der Waals surface area contributed by atoms with Crippen LogP contribution in [0.25, 0.3) is 0 Å². The quantitative estimate of drug-likeness (QED) is 0.837. The lowest BCUT2D eigenvalue weighted by Crippen LogP contribution is -2.41. The van der Waals surface area contributed by atoms with Crippen LogP contribution in [0.2, 0.25) is 0 Å². The molecule has 1 unspecified atom stereocenters. The van der Waals surface area contributed by atoms with Crippen molar-refractivity contribution in [2.24, 2.45) is 0 Å². The molecule has 108 valence electrons. The van der Waals surface area contributed by atoms with Crippen LogP contribution in [0, 0.1) is 6.92 Å². The molecule has 2 rings (SSSR count). The number of nitrogens with two attached hydrogens (primary N) is 1. The molecule has 1 aliphatic heterocycles. The molecule has 1 amide bonds. The molecule has 0 radical (unpaired) electrons. The second kappa shape index (κ2) is 5.90. The van der Waals surface area contributed by atoms with Crippen molar-refractivity contribution in [2.75, 3.05) is 18.9 Å². The minimum absolute atomic E-state index is 0.210. The lowest BCUT2D eigenvalue weighted by molar-refractivity contribution is -0.147. The zero-order chi connectivity index (χ0) is 14.7. The van der Waals surface area contributed by atoms with Crippen molar-refractivity contribution in [1.82, 2.24) is 9.88 Å². The zero-order valence-electron chi connectivity index (χ0n) is 11.8. The van der Waals surface area contributed by atoms with Gasteiger partial charge in [0.05, 0.1) is 29.7 Å². The van der Waals surface area contributed by atoms with Crippen molar-refractivity contribution >= 4 is 17.6 Å². The van der Waals surface area contributed by atoms with E-state index in [4.69, 9.17) is 10.5 Å². The number of esters is 1. The Kier molecular flexibility index (Phi) is 4.22. The molecule has 0 aromatic carbocycles.